The second-order valence-corrected chi connectivity index (χ2v) is 2.46. The zero-order valence-corrected chi connectivity index (χ0v) is 6.93. The summed E-state index contributed by atoms with van der Waals surface area (Å²) in [6, 6.07) is 3.65. The molecule has 0 saturated heterocycles. The van der Waals surface area contributed by atoms with Gasteiger partial charge in [-0.15, -0.1) is 0 Å². The van der Waals surface area contributed by atoms with E-state index >= 15 is 0 Å². The van der Waals surface area contributed by atoms with Crippen molar-refractivity contribution in [1.82, 2.24) is 5.32 Å². The van der Waals surface area contributed by atoms with Crippen LogP contribution in [0, 0.1) is 18.2 Å². The fourth-order valence-electron chi connectivity index (χ4n) is 0.887. The van der Waals surface area contributed by atoms with Gasteiger partial charge in [0.15, 0.2) is 0 Å². The highest BCUT2D eigenvalue weighted by Gasteiger charge is 2.06. The van der Waals surface area contributed by atoms with Crippen LogP contribution >= 0.6 is 0 Å². The van der Waals surface area contributed by atoms with Crippen LogP contribution in [0.15, 0.2) is 18.2 Å². The predicted molar refractivity (Wildman–Crippen MR) is 44.8 cm³/mol. The first-order chi connectivity index (χ1) is 6.25. The first kappa shape index (κ1) is 10.1. The largest absolute Gasteiger partial charge is 0.395 e. The molecule has 0 spiro atoms. The molecule has 0 aliphatic rings. The molecule has 1 radical (unpaired) electrons. The molecule has 0 aliphatic carbocycles. The van der Waals surface area contributed by atoms with Crippen LogP contribution in [0.5, 0.6) is 0 Å². The fourth-order valence-corrected chi connectivity index (χ4v) is 0.887. The van der Waals surface area contributed by atoms with Crippen molar-refractivity contribution in [2.24, 2.45) is 0 Å². The molecule has 0 unspecified atom stereocenters. The second kappa shape index (κ2) is 4.89. The van der Waals surface area contributed by atoms with E-state index in [4.69, 9.17) is 5.11 Å². The lowest BCUT2D eigenvalue weighted by molar-refractivity contribution is 0.296. The number of rotatable bonds is 4. The van der Waals surface area contributed by atoms with Gasteiger partial charge in [0.2, 0.25) is 0 Å². The van der Waals surface area contributed by atoms with Gasteiger partial charge in [0.1, 0.15) is 11.6 Å². The van der Waals surface area contributed by atoms with Gasteiger partial charge in [-0.3, -0.25) is 0 Å². The summed E-state index contributed by atoms with van der Waals surface area (Å²) in [5, 5.41) is 11.0. The van der Waals surface area contributed by atoms with E-state index in [1.54, 1.807) is 0 Å². The minimum atomic E-state index is -0.620. The summed E-state index contributed by atoms with van der Waals surface area (Å²) in [4.78, 5) is 0. The standard InChI is InChI=1S/C9H10F2NO/c10-8-2-1-3-9(11)7(8)6-12-4-5-13/h1-3,6,12-13H,4-5H2. The summed E-state index contributed by atoms with van der Waals surface area (Å²) in [5.74, 6) is -1.24. The molecule has 0 heterocycles. The van der Waals surface area contributed by atoms with E-state index in [0.29, 0.717) is 0 Å². The maximum Gasteiger partial charge on any atom is 0.130 e. The normalized spacial score (nSPS) is 10.4. The molecular formula is C9H10F2NO. The Bertz CT molecular complexity index is 258. The lowest BCUT2D eigenvalue weighted by Crippen LogP contribution is -2.16. The summed E-state index contributed by atoms with van der Waals surface area (Å²) in [7, 11) is 0. The lowest BCUT2D eigenvalue weighted by Gasteiger charge is -2.04. The quantitative estimate of drug-likeness (QED) is 0.689. The summed E-state index contributed by atoms with van der Waals surface area (Å²) in [5.41, 5.74) is -0.115. The molecule has 2 N–H and O–H groups in total. The van der Waals surface area contributed by atoms with E-state index in [0.717, 1.165) is 0 Å². The summed E-state index contributed by atoms with van der Waals surface area (Å²) in [6.07, 6.45) is 0. The number of nitrogens with one attached hydrogen (secondary N) is 1. The minimum Gasteiger partial charge on any atom is -0.395 e. The minimum absolute atomic E-state index is 0.0768. The van der Waals surface area contributed by atoms with Crippen LogP contribution in [0.1, 0.15) is 5.56 Å². The number of hydrogen-bond donors (Lipinski definition) is 2. The van der Waals surface area contributed by atoms with Crippen LogP contribution in [0.2, 0.25) is 0 Å². The Kier molecular flexibility index (Phi) is 3.79. The molecule has 1 aromatic carbocycles. The van der Waals surface area contributed by atoms with E-state index in [-0.39, 0.29) is 18.7 Å². The van der Waals surface area contributed by atoms with Crippen molar-refractivity contribution in [2.45, 2.75) is 0 Å². The Morgan fingerprint density at radius 3 is 2.46 bits per heavy atom. The van der Waals surface area contributed by atoms with Gasteiger partial charge in [0.05, 0.1) is 13.2 Å². The number of hydrogen-bond acceptors (Lipinski definition) is 2. The number of benzene rings is 1. The van der Waals surface area contributed by atoms with E-state index in [1.165, 1.54) is 24.7 Å². The molecule has 1 aromatic rings. The van der Waals surface area contributed by atoms with Gasteiger partial charge in [-0.1, -0.05) is 6.07 Å². The molecule has 1 rings (SSSR count). The van der Waals surface area contributed by atoms with Crippen LogP contribution in [0.4, 0.5) is 8.78 Å². The fraction of sp³-hybridized carbons (Fsp3) is 0.222. The number of aliphatic hydroxyl groups is 1. The first-order valence-electron chi connectivity index (χ1n) is 3.87. The Labute approximate surface area is 75.2 Å². The Hall–Kier alpha value is -1.00. The topological polar surface area (TPSA) is 32.3 Å². The first-order valence-corrected chi connectivity index (χ1v) is 3.87. The average molecular weight is 186 g/mol. The van der Waals surface area contributed by atoms with Gasteiger partial charge in [0.25, 0.3) is 0 Å². The van der Waals surface area contributed by atoms with Crippen LogP contribution in [-0.4, -0.2) is 18.3 Å². The van der Waals surface area contributed by atoms with Crippen molar-refractivity contribution >= 4 is 0 Å². The second-order valence-electron chi connectivity index (χ2n) is 2.46. The predicted octanol–water partition coefficient (Wildman–Crippen LogP) is 1.06. The monoisotopic (exact) mass is 186 g/mol. The Morgan fingerprint density at radius 2 is 1.92 bits per heavy atom. The van der Waals surface area contributed by atoms with Crippen molar-refractivity contribution < 1.29 is 13.9 Å². The third-order valence-corrected chi connectivity index (χ3v) is 1.50. The molecule has 4 heteroatoms. The molecule has 0 amide bonds. The van der Waals surface area contributed by atoms with Gasteiger partial charge in [-0.25, -0.2) is 8.78 Å². The van der Waals surface area contributed by atoms with Crippen LogP contribution < -0.4 is 5.32 Å². The molecule has 0 bridgehead atoms. The summed E-state index contributed by atoms with van der Waals surface area (Å²) >= 11 is 0. The van der Waals surface area contributed by atoms with Crippen molar-refractivity contribution in [3.63, 3.8) is 0 Å². The highest BCUT2D eigenvalue weighted by Crippen LogP contribution is 2.12. The van der Waals surface area contributed by atoms with Crippen LogP contribution in [-0.2, 0) is 0 Å². The SMILES string of the molecule is OCCN[CH]c1c(F)cccc1F. The third kappa shape index (κ3) is 2.75. The van der Waals surface area contributed by atoms with Crippen molar-refractivity contribution in [3.8, 4) is 0 Å². The molecule has 13 heavy (non-hydrogen) atoms. The Balaban J connectivity index is 2.64. The van der Waals surface area contributed by atoms with Crippen LogP contribution in [0.3, 0.4) is 0 Å². The highest BCUT2D eigenvalue weighted by atomic mass is 19.1. The molecule has 71 valence electrons. The molecule has 0 atom stereocenters. The molecule has 2 nitrogen and oxygen atoms in total. The Morgan fingerprint density at radius 1 is 1.31 bits per heavy atom. The zero-order chi connectivity index (χ0) is 9.68. The molecular weight excluding hydrogens is 176 g/mol. The molecule has 0 fully saturated rings. The summed E-state index contributed by atoms with van der Waals surface area (Å²) in [6.45, 7) is 1.40. The number of aliphatic hydroxyl groups excluding tert-OH is 1. The van der Waals surface area contributed by atoms with Crippen molar-refractivity contribution in [2.75, 3.05) is 13.2 Å². The van der Waals surface area contributed by atoms with E-state index in [9.17, 15) is 8.78 Å². The smallest absolute Gasteiger partial charge is 0.130 e. The lowest BCUT2D eigenvalue weighted by atomic mass is 10.2. The van der Waals surface area contributed by atoms with Gasteiger partial charge in [-0.05, 0) is 12.1 Å². The maximum atomic E-state index is 12.9. The van der Waals surface area contributed by atoms with Gasteiger partial charge in [-0.2, -0.15) is 0 Å². The molecule has 0 aromatic heterocycles. The highest BCUT2D eigenvalue weighted by molar-refractivity contribution is 5.25. The third-order valence-electron chi connectivity index (χ3n) is 1.50. The van der Waals surface area contributed by atoms with E-state index in [1.807, 2.05) is 0 Å². The van der Waals surface area contributed by atoms with Crippen LogP contribution in [0.25, 0.3) is 0 Å². The van der Waals surface area contributed by atoms with Crippen molar-refractivity contribution in [3.05, 3.63) is 41.9 Å². The molecule has 0 saturated carbocycles. The molecule has 0 aliphatic heterocycles. The van der Waals surface area contributed by atoms with Gasteiger partial charge in [0, 0.05) is 12.1 Å². The van der Waals surface area contributed by atoms with E-state index in [2.05, 4.69) is 5.32 Å². The number of halogens is 2. The summed E-state index contributed by atoms with van der Waals surface area (Å²) < 4.78 is 25.8. The van der Waals surface area contributed by atoms with Crippen molar-refractivity contribution in [1.29, 1.82) is 0 Å². The average Bonchev–Trinajstić information content (AvgIpc) is 2.10. The van der Waals surface area contributed by atoms with Gasteiger partial charge < -0.3 is 10.4 Å². The maximum absolute atomic E-state index is 12.9. The van der Waals surface area contributed by atoms with E-state index < -0.39 is 11.6 Å². The van der Waals surface area contributed by atoms with Gasteiger partial charge >= 0.3 is 0 Å². The zero-order valence-electron chi connectivity index (χ0n) is 6.93.